The van der Waals surface area contributed by atoms with E-state index in [2.05, 4.69) is 10.6 Å². The Kier molecular flexibility index (Phi) is 6.68. The van der Waals surface area contributed by atoms with E-state index in [1.807, 2.05) is 19.2 Å². The average molecular weight is 368 g/mol. The van der Waals surface area contributed by atoms with Crippen LogP contribution in [0.25, 0.3) is 0 Å². The summed E-state index contributed by atoms with van der Waals surface area (Å²) >= 11 is 0. The number of rotatable bonds is 7. The number of carbonyl (C=O) groups excluding carboxylic acids is 2. The van der Waals surface area contributed by atoms with Gasteiger partial charge in [-0.3, -0.25) is 0 Å². The van der Waals surface area contributed by atoms with E-state index in [-0.39, 0.29) is 25.2 Å². The van der Waals surface area contributed by atoms with Gasteiger partial charge in [-0.2, -0.15) is 0 Å². The fourth-order valence-corrected chi connectivity index (χ4v) is 2.85. The van der Waals surface area contributed by atoms with Crippen molar-refractivity contribution in [2.45, 2.75) is 39.3 Å². The molecule has 4 N–H and O–H groups in total. The summed E-state index contributed by atoms with van der Waals surface area (Å²) < 4.78 is 31.6. The second-order valence-corrected chi connectivity index (χ2v) is 6.07. The lowest BCUT2D eigenvalue weighted by molar-refractivity contribution is -0.686. The van der Waals surface area contributed by atoms with Crippen LogP contribution in [0.4, 0.5) is 13.6 Å². The first kappa shape index (κ1) is 19.8. The molecule has 2 atom stereocenters. The number of nitrogens with one attached hydrogen (secondary N) is 2. The molecule has 26 heavy (non-hydrogen) atoms. The molecule has 142 valence electrons. The van der Waals surface area contributed by atoms with Gasteiger partial charge in [-0.1, -0.05) is 6.92 Å². The van der Waals surface area contributed by atoms with Gasteiger partial charge in [0.25, 0.3) is 0 Å². The van der Waals surface area contributed by atoms with Crippen molar-refractivity contribution in [1.29, 1.82) is 0 Å². The highest BCUT2D eigenvalue weighted by atomic mass is 19.2. The first-order chi connectivity index (χ1) is 12.4. The molecule has 0 aromatic heterocycles. The minimum atomic E-state index is -0.907. The van der Waals surface area contributed by atoms with Crippen molar-refractivity contribution in [1.82, 2.24) is 10.6 Å². The van der Waals surface area contributed by atoms with E-state index < -0.39 is 23.6 Å². The van der Waals surface area contributed by atoms with E-state index in [9.17, 15) is 18.4 Å². The van der Waals surface area contributed by atoms with E-state index in [0.29, 0.717) is 23.3 Å². The molecule has 1 aromatic rings. The number of urea groups is 1. The number of hydrogen-bond acceptors (Lipinski definition) is 3. The molecule has 0 radical (unpaired) electrons. The SMILES string of the molecule is CCOC(=O)C1=C(C[NH2+][C@@H](C)c2ccc(F)c(F)c2)NC(=O)N[C@@H]1CC. The summed E-state index contributed by atoms with van der Waals surface area (Å²) in [6.45, 7) is 5.93. The van der Waals surface area contributed by atoms with E-state index >= 15 is 0 Å². The fourth-order valence-electron chi connectivity index (χ4n) is 2.85. The maximum Gasteiger partial charge on any atom is 0.338 e. The maximum atomic E-state index is 13.4. The molecule has 2 rings (SSSR count). The number of quaternary nitrogens is 1. The van der Waals surface area contributed by atoms with Crippen molar-refractivity contribution in [3.05, 3.63) is 46.7 Å². The summed E-state index contributed by atoms with van der Waals surface area (Å²) in [5.41, 5.74) is 1.46. The number of ether oxygens (including phenoxy) is 1. The molecule has 0 unspecified atom stereocenters. The molecule has 1 aromatic carbocycles. The summed E-state index contributed by atoms with van der Waals surface area (Å²) in [4.78, 5) is 24.2. The highest BCUT2D eigenvalue weighted by Gasteiger charge is 2.32. The van der Waals surface area contributed by atoms with Crippen LogP contribution in [0.15, 0.2) is 29.5 Å². The number of amides is 2. The molecule has 1 heterocycles. The van der Waals surface area contributed by atoms with Crippen LogP contribution in [0, 0.1) is 11.6 Å². The van der Waals surface area contributed by atoms with Crippen molar-refractivity contribution < 1.29 is 28.4 Å². The third-order valence-electron chi connectivity index (χ3n) is 4.29. The number of nitrogens with two attached hydrogens (primary N) is 1. The molecule has 0 bridgehead atoms. The van der Waals surface area contributed by atoms with Gasteiger partial charge < -0.3 is 20.7 Å². The minimum absolute atomic E-state index is 0.201. The third-order valence-corrected chi connectivity index (χ3v) is 4.29. The smallest absolute Gasteiger partial charge is 0.338 e. The van der Waals surface area contributed by atoms with Gasteiger partial charge in [0, 0.05) is 5.56 Å². The predicted molar refractivity (Wildman–Crippen MR) is 91.0 cm³/mol. The van der Waals surface area contributed by atoms with Crippen molar-refractivity contribution >= 4 is 12.0 Å². The van der Waals surface area contributed by atoms with Crippen molar-refractivity contribution in [3.63, 3.8) is 0 Å². The molecule has 1 aliphatic rings. The number of hydrogen-bond donors (Lipinski definition) is 3. The van der Waals surface area contributed by atoms with Crippen molar-refractivity contribution in [2.24, 2.45) is 0 Å². The highest BCUT2D eigenvalue weighted by molar-refractivity contribution is 5.94. The summed E-state index contributed by atoms with van der Waals surface area (Å²) in [7, 11) is 0. The van der Waals surface area contributed by atoms with Crippen molar-refractivity contribution in [2.75, 3.05) is 13.2 Å². The molecule has 0 spiro atoms. The van der Waals surface area contributed by atoms with Gasteiger partial charge in [0.05, 0.1) is 23.9 Å². The largest absolute Gasteiger partial charge is 0.463 e. The monoisotopic (exact) mass is 368 g/mol. The zero-order valence-electron chi connectivity index (χ0n) is 15.1. The van der Waals surface area contributed by atoms with Gasteiger partial charge in [0.2, 0.25) is 0 Å². The number of carbonyl (C=O) groups is 2. The molecule has 0 fully saturated rings. The minimum Gasteiger partial charge on any atom is -0.463 e. The van der Waals surface area contributed by atoms with Crippen LogP contribution in [0.3, 0.4) is 0 Å². The second kappa shape index (κ2) is 8.75. The van der Waals surface area contributed by atoms with E-state index in [1.165, 1.54) is 6.07 Å². The van der Waals surface area contributed by atoms with Crippen LogP contribution in [-0.2, 0) is 9.53 Å². The molecule has 6 nitrogen and oxygen atoms in total. The fraction of sp³-hybridized carbons (Fsp3) is 0.444. The first-order valence-corrected chi connectivity index (χ1v) is 8.63. The van der Waals surface area contributed by atoms with Crippen LogP contribution in [0.5, 0.6) is 0 Å². The molecule has 8 heteroatoms. The Balaban J connectivity index is 2.20. The Morgan fingerprint density at radius 1 is 1.31 bits per heavy atom. The Bertz CT molecular complexity index is 722. The molecular formula is C18H24F2N3O3+. The van der Waals surface area contributed by atoms with Gasteiger partial charge in [0.15, 0.2) is 11.6 Å². The van der Waals surface area contributed by atoms with E-state index in [4.69, 9.17) is 4.74 Å². The summed E-state index contributed by atoms with van der Waals surface area (Å²) in [5, 5.41) is 7.20. The Labute approximate surface area is 151 Å². The Hall–Kier alpha value is -2.48. The number of esters is 1. The van der Waals surface area contributed by atoms with E-state index in [1.54, 1.807) is 6.92 Å². The zero-order valence-corrected chi connectivity index (χ0v) is 15.1. The molecule has 2 amide bonds. The van der Waals surface area contributed by atoms with Gasteiger partial charge in [0.1, 0.15) is 12.6 Å². The Morgan fingerprint density at radius 2 is 2.04 bits per heavy atom. The lowest BCUT2D eigenvalue weighted by Gasteiger charge is -2.28. The average Bonchev–Trinajstić information content (AvgIpc) is 2.61. The Morgan fingerprint density at radius 3 is 2.65 bits per heavy atom. The van der Waals surface area contributed by atoms with E-state index in [0.717, 1.165) is 12.1 Å². The summed E-state index contributed by atoms with van der Waals surface area (Å²) in [6.07, 6.45) is 0.545. The first-order valence-electron chi connectivity index (χ1n) is 8.63. The maximum absolute atomic E-state index is 13.4. The van der Waals surface area contributed by atoms with Gasteiger partial charge in [-0.15, -0.1) is 0 Å². The molecule has 0 aliphatic carbocycles. The molecular weight excluding hydrogens is 344 g/mol. The third kappa shape index (κ3) is 4.57. The second-order valence-electron chi connectivity index (χ2n) is 6.07. The van der Waals surface area contributed by atoms with Crippen LogP contribution in [0.2, 0.25) is 0 Å². The van der Waals surface area contributed by atoms with Crippen LogP contribution >= 0.6 is 0 Å². The quantitative estimate of drug-likeness (QED) is 0.638. The molecule has 1 aliphatic heterocycles. The highest BCUT2D eigenvalue weighted by Crippen LogP contribution is 2.17. The molecule has 0 saturated heterocycles. The number of halogens is 2. The van der Waals surface area contributed by atoms with Gasteiger partial charge in [-0.05, 0) is 38.5 Å². The van der Waals surface area contributed by atoms with Crippen LogP contribution < -0.4 is 16.0 Å². The molecule has 0 saturated carbocycles. The normalized spacial score (nSPS) is 18.2. The summed E-state index contributed by atoms with van der Waals surface area (Å²) in [5.74, 6) is -2.28. The summed E-state index contributed by atoms with van der Waals surface area (Å²) in [6, 6.07) is 2.73. The van der Waals surface area contributed by atoms with Crippen LogP contribution in [0.1, 0.15) is 38.8 Å². The topological polar surface area (TPSA) is 84.0 Å². The number of benzene rings is 1. The van der Waals surface area contributed by atoms with Crippen LogP contribution in [-0.4, -0.2) is 31.2 Å². The standard InChI is InChI=1S/C18H23F2N3O3/c1-4-14-16(17(24)26-5-2)15(23-18(25)22-14)9-21-10(3)11-6-7-12(19)13(20)8-11/h6-8,10,14,21H,4-5,9H2,1-3H3,(H2,22,23,25)/p+1/t10-,14+/m0/s1. The lowest BCUT2D eigenvalue weighted by atomic mass is 10.00. The van der Waals surface area contributed by atoms with Gasteiger partial charge >= 0.3 is 12.0 Å². The zero-order chi connectivity index (χ0) is 19.3. The lowest BCUT2D eigenvalue weighted by Crippen LogP contribution is -2.86. The van der Waals surface area contributed by atoms with Gasteiger partial charge in [-0.25, -0.2) is 18.4 Å². The predicted octanol–water partition coefficient (Wildman–Crippen LogP) is 1.50. The van der Waals surface area contributed by atoms with Crippen molar-refractivity contribution in [3.8, 4) is 0 Å².